The first-order valence-electron chi connectivity index (χ1n) is 5.61. The molecule has 5 heteroatoms. The van der Waals surface area contributed by atoms with Gasteiger partial charge in [-0.15, -0.1) is 0 Å². The number of pyridine rings is 1. The van der Waals surface area contributed by atoms with Crippen LogP contribution in [0.5, 0.6) is 0 Å². The fraction of sp³-hybridized carbons (Fsp3) is 0.333. The van der Waals surface area contributed by atoms with Gasteiger partial charge in [0.15, 0.2) is 0 Å². The second-order valence-electron chi connectivity index (χ2n) is 3.93. The number of aryl methyl sites for hydroxylation is 1. The molecule has 0 aromatic carbocycles. The average Bonchev–Trinajstić information content (AvgIpc) is 2.62. The van der Waals surface area contributed by atoms with Crippen LogP contribution >= 0.6 is 11.6 Å². The molecule has 0 saturated heterocycles. The van der Waals surface area contributed by atoms with Crippen molar-refractivity contribution < 1.29 is 0 Å². The summed E-state index contributed by atoms with van der Waals surface area (Å²) in [5.74, 6) is 0.528. The summed E-state index contributed by atoms with van der Waals surface area (Å²) in [6, 6.07) is 3.80. The largest absolute Gasteiger partial charge is 0.384 e. The van der Waals surface area contributed by atoms with Gasteiger partial charge in [0.25, 0.3) is 0 Å². The summed E-state index contributed by atoms with van der Waals surface area (Å²) >= 11 is 6.14. The second-order valence-corrected chi connectivity index (χ2v) is 4.34. The van der Waals surface area contributed by atoms with Crippen LogP contribution in [0.25, 0.3) is 0 Å². The number of nitrogens with two attached hydrogens (primary N) is 1. The highest BCUT2D eigenvalue weighted by atomic mass is 35.5. The highest BCUT2D eigenvalue weighted by Crippen LogP contribution is 2.19. The van der Waals surface area contributed by atoms with Crippen LogP contribution < -0.4 is 5.73 Å². The van der Waals surface area contributed by atoms with Gasteiger partial charge in [-0.2, -0.15) is 5.10 Å². The van der Waals surface area contributed by atoms with Gasteiger partial charge in [-0.1, -0.05) is 18.5 Å². The molecule has 0 fully saturated rings. The van der Waals surface area contributed by atoms with Gasteiger partial charge >= 0.3 is 0 Å². The van der Waals surface area contributed by atoms with Gasteiger partial charge < -0.3 is 5.73 Å². The molecule has 0 spiro atoms. The number of anilines is 1. The van der Waals surface area contributed by atoms with Crippen LogP contribution in [0.1, 0.15) is 24.6 Å². The van der Waals surface area contributed by atoms with E-state index in [2.05, 4.69) is 17.0 Å². The molecule has 2 aromatic rings. The van der Waals surface area contributed by atoms with Gasteiger partial charge in [0.2, 0.25) is 0 Å². The van der Waals surface area contributed by atoms with Crippen molar-refractivity contribution in [2.75, 3.05) is 5.73 Å². The Hall–Kier alpha value is -1.55. The van der Waals surface area contributed by atoms with Crippen molar-refractivity contribution in [3.63, 3.8) is 0 Å². The third kappa shape index (κ3) is 2.77. The summed E-state index contributed by atoms with van der Waals surface area (Å²) < 4.78 is 1.94. The van der Waals surface area contributed by atoms with Crippen LogP contribution in [0.3, 0.4) is 0 Å². The van der Waals surface area contributed by atoms with Crippen molar-refractivity contribution >= 4 is 17.4 Å². The Morgan fingerprint density at radius 1 is 1.47 bits per heavy atom. The van der Waals surface area contributed by atoms with E-state index in [-0.39, 0.29) is 0 Å². The molecule has 0 atom stereocenters. The fourth-order valence-corrected chi connectivity index (χ4v) is 1.97. The van der Waals surface area contributed by atoms with Crippen molar-refractivity contribution in [1.82, 2.24) is 14.8 Å². The number of hydrogen-bond donors (Lipinski definition) is 1. The van der Waals surface area contributed by atoms with Crippen LogP contribution in [0, 0.1) is 0 Å². The summed E-state index contributed by atoms with van der Waals surface area (Å²) in [7, 11) is 0. The molecule has 4 nitrogen and oxygen atoms in total. The third-order valence-electron chi connectivity index (χ3n) is 2.55. The van der Waals surface area contributed by atoms with Crippen LogP contribution in [-0.4, -0.2) is 14.8 Å². The van der Waals surface area contributed by atoms with Crippen LogP contribution in [0.2, 0.25) is 5.02 Å². The summed E-state index contributed by atoms with van der Waals surface area (Å²) in [4.78, 5) is 3.97. The molecular weight excluding hydrogens is 236 g/mol. The van der Waals surface area contributed by atoms with Crippen molar-refractivity contribution in [2.24, 2.45) is 0 Å². The Bertz CT molecular complexity index is 507. The van der Waals surface area contributed by atoms with E-state index in [9.17, 15) is 0 Å². The van der Waals surface area contributed by atoms with Gasteiger partial charge in [-0.05, 0) is 24.1 Å². The molecule has 17 heavy (non-hydrogen) atoms. The van der Waals surface area contributed by atoms with Gasteiger partial charge in [0.05, 0.1) is 16.9 Å². The predicted octanol–water partition coefficient (Wildman–Crippen LogP) is 2.51. The predicted molar refractivity (Wildman–Crippen MR) is 69.0 cm³/mol. The molecule has 0 aliphatic carbocycles. The maximum Gasteiger partial charge on any atom is 0.123 e. The topological polar surface area (TPSA) is 56.7 Å². The minimum atomic E-state index is 0.528. The first kappa shape index (κ1) is 11.9. The zero-order valence-corrected chi connectivity index (χ0v) is 10.5. The Balaban J connectivity index is 2.26. The van der Waals surface area contributed by atoms with Crippen molar-refractivity contribution in [2.45, 2.75) is 26.3 Å². The lowest BCUT2D eigenvalue weighted by atomic mass is 10.1. The Morgan fingerprint density at radius 3 is 3.00 bits per heavy atom. The Labute approximate surface area is 105 Å². The van der Waals surface area contributed by atoms with Gasteiger partial charge in [-0.3, -0.25) is 4.68 Å². The Kier molecular flexibility index (Phi) is 3.64. The highest BCUT2D eigenvalue weighted by Gasteiger charge is 2.09. The summed E-state index contributed by atoms with van der Waals surface area (Å²) in [5.41, 5.74) is 7.78. The van der Waals surface area contributed by atoms with Gasteiger partial charge in [0.1, 0.15) is 5.82 Å². The average molecular weight is 251 g/mol. The van der Waals surface area contributed by atoms with E-state index in [1.807, 2.05) is 16.8 Å². The molecule has 0 amide bonds. The molecule has 0 aliphatic rings. The lowest BCUT2D eigenvalue weighted by molar-refractivity contribution is 0.580. The lowest BCUT2D eigenvalue weighted by Crippen LogP contribution is -2.05. The normalized spacial score (nSPS) is 10.7. The summed E-state index contributed by atoms with van der Waals surface area (Å²) in [6.07, 6.45) is 5.16. The zero-order valence-electron chi connectivity index (χ0n) is 9.73. The van der Waals surface area contributed by atoms with Crippen LogP contribution in [0.4, 0.5) is 5.82 Å². The third-order valence-corrected chi connectivity index (χ3v) is 2.87. The lowest BCUT2D eigenvalue weighted by Gasteiger charge is -2.07. The minimum Gasteiger partial charge on any atom is -0.384 e. The SMILES string of the molecule is CCCn1ncc(Cl)c1Cc1ccnc(N)c1. The van der Waals surface area contributed by atoms with Crippen LogP contribution in [0.15, 0.2) is 24.5 Å². The quantitative estimate of drug-likeness (QED) is 0.907. The van der Waals surface area contributed by atoms with E-state index in [1.54, 1.807) is 12.4 Å². The summed E-state index contributed by atoms with van der Waals surface area (Å²) in [6.45, 7) is 2.99. The number of nitrogens with zero attached hydrogens (tertiary/aromatic N) is 3. The van der Waals surface area contributed by atoms with E-state index < -0.39 is 0 Å². The number of nitrogen functional groups attached to an aromatic ring is 1. The number of hydrogen-bond acceptors (Lipinski definition) is 3. The maximum atomic E-state index is 6.14. The van der Waals surface area contributed by atoms with E-state index in [0.29, 0.717) is 10.8 Å². The van der Waals surface area contributed by atoms with Gasteiger partial charge in [0, 0.05) is 19.2 Å². The molecule has 90 valence electrons. The molecule has 0 aliphatic heterocycles. The monoisotopic (exact) mass is 250 g/mol. The van der Waals surface area contributed by atoms with E-state index in [0.717, 1.165) is 30.6 Å². The van der Waals surface area contributed by atoms with E-state index in [1.165, 1.54) is 0 Å². The standard InChI is InChI=1S/C12H15ClN4/c1-2-5-17-11(10(13)8-16-17)6-9-3-4-15-12(14)7-9/h3-4,7-8H,2,5-6H2,1H3,(H2,14,15). The highest BCUT2D eigenvalue weighted by molar-refractivity contribution is 6.31. The van der Waals surface area contributed by atoms with Crippen molar-refractivity contribution in [3.05, 3.63) is 40.8 Å². The number of aromatic nitrogens is 3. The molecule has 0 saturated carbocycles. The van der Waals surface area contributed by atoms with Crippen LogP contribution in [-0.2, 0) is 13.0 Å². The maximum absolute atomic E-state index is 6.14. The van der Waals surface area contributed by atoms with E-state index >= 15 is 0 Å². The summed E-state index contributed by atoms with van der Waals surface area (Å²) in [5, 5.41) is 4.96. The molecule has 2 heterocycles. The van der Waals surface area contributed by atoms with Crippen molar-refractivity contribution in [1.29, 1.82) is 0 Å². The minimum absolute atomic E-state index is 0.528. The molecule has 2 N–H and O–H groups in total. The first-order valence-corrected chi connectivity index (χ1v) is 5.99. The smallest absolute Gasteiger partial charge is 0.123 e. The molecule has 0 radical (unpaired) electrons. The molecule has 2 rings (SSSR count). The zero-order chi connectivity index (χ0) is 12.3. The fourth-order valence-electron chi connectivity index (χ4n) is 1.77. The van der Waals surface area contributed by atoms with E-state index in [4.69, 9.17) is 17.3 Å². The molecule has 0 bridgehead atoms. The second kappa shape index (κ2) is 5.19. The number of rotatable bonds is 4. The first-order chi connectivity index (χ1) is 8.20. The van der Waals surface area contributed by atoms with Gasteiger partial charge in [-0.25, -0.2) is 4.98 Å². The molecular formula is C12H15ClN4. The Morgan fingerprint density at radius 2 is 2.29 bits per heavy atom. The van der Waals surface area contributed by atoms with Crippen molar-refractivity contribution in [3.8, 4) is 0 Å². The molecule has 2 aromatic heterocycles. The molecule has 0 unspecified atom stereocenters. The number of halogens is 1.